The van der Waals surface area contributed by atoms with E-state index in [0.29, 0.717) is 61.5 Å². The molecular formula is C27H26F3N3O4. The molecule has 1 aromatic heterocycles. The summed E-state index contributed by atoms with van der Waals surface area (Å²) < 4.78 is 45.8. The number of hydrogen-bond acceptors (Lipinski definition) is 6. The van der Waals surface area contributed by atoms with Crippen LogP contribution in [0, 0.1) is 13.8 Å². The number of benzene rings is 2. The summed E-state index contributed by atoms with van der Waals surface area (Å²) in [4.78, 5) is 19.1. The summed E-state index contributed by atoms with van der Waals surface area (Å²) >= 11 is 0. The molecule has 10 heteroatoms. The van der Waals surface area contributed by atoms with Gasteiger partial charge in [-0.1, -0.05) is 28.5 Å². The van der Waals surface area contributed by atoms with Gasteiger partial charge in [-0.25, -0.2) is 4.79 Å². The van der Waals surface area contributed by atoms with Crippen molar-refractivity contribution in [1.82, 2.24) is 10.1 Å². The van der Waals surface area contributed by atoms with Gasteiger partial charge in [0.2, 0.25) is 0 Å². The Bertz CT molecular complexity index is 1330. The van der Waals surface area contributed by atoms with E-state index < -0.39 is 23.3 Å². The molecule has 1 N–H and O–H groups in total. The normalized spacial score (nSPS) is 17.6. The summed E-state index contributed by atoms with van der Waals surface area (Å²) in [7, 11) is 0. The van der Waals surface area contributed by atoms with Gasteiger partial charge in [0.1, 0.15) is 11.4 Å². The van der Waals surface area contributed by atoms with Crippen molar-refractivity contribution in [2.45, 2.75) is 51.4 Å². The molecule has 0 amide bonds. The van der Waals surface area contributed by atoms with Gasteiger partial charge in [0.05, 0.1) is 22.5 Å². The summed E-state index contributed by atoms with van der Waals surface area (Å²) in [5.74, 6) is -0.421. The molecule has 0 atom stereocenters. The molecule has 7 nitrogen and oxygen atoms in total. The number of carbonyl (C=O) groups is 1. The number of hydrogen-bond donors (Lipinski definition) is 1. The number of carboxylic acids is 1. The highest BCUT2D eigenvalue weighted by atomic mass is 19.4. The van der Waals surface area contributed by atoms with Crippen molar-refractivity contribution in [2.24, 2.45) is 5.16 Å². The lowest BCUT2D eigenvalue weighted by molar-refractivity contribution is -0.137. The van der Waals surface area contributed by atoms with Crippen LogP contribution >= 0.6 is 0 Å². The molecule has 2 aliphatic rings. The molecule has 2 aromatic carbocycles. The Kier molecular flexibility index (Phi) is 6.31. The maximum absolute atomic E-state index is 13.5. The third-order valence-electron chi connectivity index (χ3n) is 7.20. The molecule has 0 radical (unpaired) electrons. The van der Waals surface area contributed by atoms with Crippen molar-refractivity contribution >= 4 is 11.7 Å². The zero-order chi connectivity index (χ0) is 26.4. The summed E-state index contributed by atoms with van der Waals surface area (Å²) in [6.07, 6.45) is -2.49. The summed E-state index contributed by atoms with van der Waals surface area (Å²) in [6.45, 7) is 5.16. The van der Waals surface area contributed by atoms with Gasteiger partial charge < -0.3 is 14.5 Å². The van der Waals surface area contributed by atoms with E-state index in [-0.39, 0.29) is 5.56 Å². The van der Waals surface area contributed by atoms with Gasteiger partial charge in [0, 0.05) is 44.5 Å². The minimum absolute atomic E-state index is 0.205. The van der Waals surface area contributed by atoms with Crippen LogP contribution in [0.1, 0.15) is 57.8 Å². The maximum Gasteiger partial charge on any atom is 0.416 e. The Morgan fingerprint density at radius 1 is 1.11 bits per heavy atom. The highest BCUT2D eigenvalue weighted by molar-refractivity contribution is 6.02. The SMILES string of the molecule is Cc1noc(C)c1-c1ccc(C(F)(F)F)cc1CN1CCC2(CC1)CC(c1ccc(C(=O)O)cc1)=NO2. The van der Waals surface area contributed by atoms with Gasteiger partial charge in [0.15, 0.2) is 0 Å². The Morgan fingerprint density at radius 3 is 2.41 bits per heavy atom. The average molecular weight is 514 g/mol. The van der Waals surface area contributed by atoms with Crippen LogP contribution in [0.4, 0.5) is 13.2 Å². The van der Waals surface area contributed by atoms with Crippen LogP contribution in [-0.2, 0) is 17.6 Å². The zero-order valence-corrected chi connectivity index (χ0v) is 20.4. The van der Waals surface area contributed by atoms with Gasteiger partial charge in [0.25, 0.3) is 0 Å². The minimum atomic E-state index is -4.44. The van der Waals surface area contributed by atoms with Crippen molar-refractivity contribution in [2.75, 3.05) is 13.1 Å². The first-order valence-electron chi connectivity index (χ1n) is 12.0. The monoisotopic (exact) mass is 513 g/mol. The number of oxime groups is 1. The molecule has 0 bridgehead atoms. The van der Waals surface area contributed by atoms with Crippen LogP contribution in [0.2, 0.25) is 0 Å². The standard InChI is InChI=1S/C27H26F3N3O4/c1-16-24(17(2)36-31-16)22-8-7-21(27(28,29)30)13-20(22)15-33-11-9-26(10-12-33)14-23(32-37-26)18-3-5-19(6-4-18)25(34)35/h3-8,13H,9-12,14-15H2,1-2H3,(H,34,35). The van der Waals surface area contributed by atoms with Gasteiger partial charge in [-0.2, -0.15) is 13.2 Å². The summed E-state index contributed by atoms with van der Waals surface area (Å²) in [5.41, 5.74) is 3.27. The molecule has 1 spiro atoms. The molecule has 37 heavy (non-hydrogen) atoms. The van der Waals surface area contributed by atoms with Crippen LogP contribution in [0.15, 0.2) is 52.1 Å². The number of piperidine rings is 1. The number of carboxylic acid groups (broad SMARTS) is 1. The van der Waals surface area contributed by atoms with Crippen molar-refractivity contribution < 1.29 is 32.4 Å². The topological polar surface area (TPSA) is 88.2 Å². The van der Waals surface area contributed by atoms with E-state index in [1.807, 2.05) is 0 Å². The number of aromatic nitrogens is 1. The van der Waals surface area contributed by atoms with E-state index in [1.54, 1.807) is 38.1 Å². The Balaban J connectivity index is 1.30. The number of likely N-dealkylation sites (tertiary alicyclic amines) is 1. The fourth-order valence-corrected chi connectivity index (χ4v) is 5.12. The molecule has 0 unspecified atom stereocenters. The molecule has 194 valence electrons. The van der Waals surface area contributed by atoms with Gasteiger partial charge in [-0.3, -0.25) is 4.90 Å². The van der Waals surface area contributed by atoms with Crippen LogP contribution in [0.5, 0.6) is 0 Å². The first kappa shape index (κ1) is 25.0. The molecule has 5 rings (SSSR count). The Morgan fingerprint density at radius 2 is 1.81 bits per heavy atom. The third-order valence-corrected chi connectivity index (χ3v) is 7.20. The predicted molar refractivity (Wildman–Crippen MR) is 129 cm³/mol. The van der Waals surface area contributed by atoms with Crippen molar-refractivity contribution in [3.8, 4) is 11.1 Å². The largest absolute Gasteiger partial charge is 0.478 e. The lowest BCUT2D eigenvalue weighted by Crippen LogP contribution is -2.44. The lowest BCUT2D eigenvalue weighted by Gasteiger charge is -2.37. The molecule has 2 aliphatic heterocycles. The van der Waals surface area contributed by atoms with Crippen LogP contribution in [-0.4, -0.2) is 45.5 Å². The molecular weight excluding hydrogens is 487 g/mol. The zero-order valence-electron chi connectivity index (χ0n) is 20.4. The molecule has 3 heterocycles. The summed E-state index contributed by atoms with van der Waals surface area (Å²) in [5, 5.41) is 17.4. The highest BCUT2D eigenvalue weighted by Gasteiger charge is 2.42. The van der Waals surface area contributed by atoms with E-state index in [2.05, 4.69) is 15.2 Å². The molecule has 0 aliphatic carbocycles. The minimum Gasteiger partial charge on any atom is -0.478 e. The van der Waals surface area contributed by atoms with Gasteiger partial charge in [-0.05, 0) is 54.8 Å². The first-order chi connectivity index (χ1) is 17.5. The fourth-order valence-electron chi connectivity index (χ4n) is 5.12. The number of aromatic carboxylic acids is 1. The second-order valence-corrected chi connectivity index (χ2v) is 9.72. The fraction of sp³-hybridized carbons (Fsp3) is 0.370. The summed E-state index contributed by atoms with van der Waals surface area (Å²) in [6, 6.07) is 10.4. The number of alkyl halides is 3. The highest BCUT2D eigenvalue weighted by Crippen LogP contribution is 2.39. The van der Waals surface area contributed by atoms with Crippen molar-refractivity contribution in [1.29, 1.82) is 0 Å². The number of halogens is 3. The molecule has 1 saturated heterocycles. The predicted octanol–water partition coefficient (Wildman–Crippen LogP) is 5.83. The number of nitrogens with zero attached hydrogens (tertiary/aromatic N) is 3. The van der Waals surface area contributed by atoms with Crippen LogP contribution in [0.3, 0.4) is 0 Å². The van der Waals surface area contributed by atoms with E-state index in [9.17, 15) is 18.0 Å². The smallest absolute Gasteiger partial charge is 0.416 e. The Hall–Kier alpha value is -3.66. The number of aryl methyl sites for hydroxylation is 2. The van der Waals surface area contributed by atoms with E-state index in [4.69, 9.17) is 14.5 Å². The van der Waals surface area contributed by atoms with E-state index in [1.165, 1.54) is 12.1 Å². The quantitative estimate of drug-likeness (QED) is 0.462. The van der Waals surface area contributed by atoms with Gasteiger partial charge in [-0.15, -0.1) is 0 Å². The average Bonchev–Trinajstić information content (AvgIpc) is 3.43. The van der Waals surface area contributed by atoms with Crippen molar-refractivity contribution in [3.05, 3.63) is 76.2 Å². The van der Waals surface area contributed by atoms with Crippen molar-refractivity contribution in [3.63, 3.8) is 0 Å². The van der Waals surface area contributed by atoms with Crippen LogP contribution < -0.4 is 0 Å². The Labute approximate surface area is 211 Å². The maximum atomic E-state index is 13.5. The van der Waals surface area contributed by atoms with E-state index in [0.717, 1.165) is 22.9 Å². The number of rotatable bonds is 5. The third kappa shape index (κ3) is 4.98. The molecule has 3 aromatic rings. The second-order valence-electron chi connectivity index (χ2n) is 9.72. The van der Waals surface area contributed by atoms with Crippen LogP contribution in [0.25, 0.3) is 11.1 Å². The lowest BCUT2D eigenvalue weighted by atomic mass is 9.85. The molecule has 1 fully saturated rings. The second kappa shape index (κ2) is 9.33. The van der Waals surface area contributed by atoms with E-state index >= 15 is 0 Å². The van der Waals surface area contributed by atoms with Gasteiger partial charge >= 0.3 is 12.1 Å². The first-order valence-corrected chi connectivity index (χ1v) is 12.0. The molecule has 0 saturated carbocycles.